The van der Waals surface area contributed by atoms with Crippen molar-refractivity contribution in [3.63, 3.8) is 0 Å². The molecule has 4 heteroatoms. The summed E-state index contributed by atoms with van der Waals surface area (Å²) in [6.45, 7) is 0. The monoisotopic (exact) mass is 708 g/mol. The summed E-state index contributed by atoms with van der Waals surface area (Å²) in [6.07, 6.45) is 0. The van der Waals surface area contributed by atoms with Gasteiger partial charge in [0.15, 0.2) is 17.5 Å². The first-order valence-electron chi connectivity index (χ1n) is 22.0. The lowest BCUT2D eigenvalue weighted by atomic mass is 9.91. The lowest BCUT2D eigenvalue weighted by Gasteiger charge is -2.17. The molecule has 0 spiro atoms. The van der Waals surface area contributed by atoms with Crippen LogP contribution in [-0.2, 0) is 0 Å². The van der Waals surface area contributed by atoms with Crippen LogP contribution < -0.4 is 0 Å². The minimum atomic E-state index is -0.513. The van der Waals surface area contributed by atoms with Crippen LogP contribution in [0.1, 0.15) is 11.0 Å². The summed E-state index contributed by atoms with van der Waals surface area (Å²) < 4.78 is 73.5. The molecular weight excluding hydrogens is 669 g/mol. The van der Waals surface area contributed by atoms with E-state index in [0.717, 1.165) is 54.6 Å². The lowest BCUT2D eigenvalue weighted by molar-refractivity contribution is 1.06. The molecule has 11 rings (SSSR count). The summed E-state index contributed by atoms with van der Waals surface area (Å²) in [5, 5.41) is 6.59. The van der Waals surface area contributed by atoms with Crippen molar-refractivity contribution >= 4 is 54.1 Å². The number of hydrogen-bond acceptors (Lipinski definition) is 3. The summed E-state index contributed by atoms with van der Waals surface area (Å²) in [5.74, 6) is 1.04. The molecule has 11 aromatic rings. The summed E-state index contributed by atoms with van der Waals surface area (Å²) in [7, 11) is 0. The van der Waals surface area contributed by atoms with E-state index in [0.29, 0.717) is 22.9 Å². The number of aromatic nitrogens is 4. The largest absolute Gasteiger partial charge is 0.308 e. The third-order valence-electron chi connectivity index (χ3n) is 10.3. The molecule has 0 amide bonds. The fourth-order valence-electron chi connectivity index (χ4n) is 7.76. The third kappa shape index (κ3) is 5.11. The quantitative estimate of drug-likeness (QED) is 0.167. The number of benzene rings is 9. The molecule has 9 aromatic carbocycles. The van der Waals surface area contributed by atoms with E-state index in [-0.39, 0.29) is 27.6 Å². The molecule has 55 heavy (non-hydrogen) atoms. The van der Waals surface area contributed by atoms with Gasteiger partial charge in [-0.25, -0.2) is 15.0 Å². The van der Waals surface area contributed by atoms with Gasteiger partial charge in [-0.3, -0.25) is 0 Å². The molecule has 2 aromatic heterocycles. The van der Waals surface area contributed by atoms with Crippen LogP contribution >= 0.6 is 0 Å². The molecule has 0 aliphatic rings. The Morgan fingerprint density at radius 3 is 1.35 bits per heavy atom. The Bertz CT molecular complexity index is 3550. The lowest BCUT2D eigenvalue weighted by Crippen LogP contribution is -2.04. The van der Waals surface area contributed by atoms with E-state index in [4.69, 9.17) is 23.2 Å². The molecule has 4 nitrogen and oxygen atoms in total. The van der Waals surface area contributed by atoms with E-state index in [1.165, 1.54) is 4.57 Å². The average molecular weight is 709 g/mol. The Morgan fingerprint density at radius 1 is 0.345 bits per heavy atom. The van der Waals surface area contributed by atoms with Gasteiger partial charge in [0.1, 0.15) is 0 Å². The van der Waals surface area contributed by atoms with E-state index in [2.05, 4.69) is 42.5 Å². The van der Waals surface area contributed by atoms with Crippen LogP contribution in [0.3, 0.4) is 0 Å². The van der Waals surface area contributed by atoms with Crippen molar-refractivity contribution in [1.82, 2.24) is 19.5 Å². The summed E-state index contributed by atoms with van der Waals surface area (Å²) in [5.41, 5.74) is 3.86. The maximum absolute atomic E-state index is 9.35. The standard InChI is InChI=1S/C51H32N4/c1-3-15-33(16-4-1)49-52-50(34-17-5-2-6-18-34)54-51(53-49)44-30-28-36(32-48(44)55-46-25-13-11-23-42(46)43-24-12-14-26-47(43)55)35-27-29-41-39-21-8-7-19-37(39)38-20-9-10-22-40(38)45(41)31-35/h1-32H/i11D,12D,13D,14D,23D,24D,25D,26D. The Labute approximate surface area is 328 Å². The van der Waals surface area contributed by atoms with Gasteiger partial charge in [0, 0.05) is 27.5 Å². The Morgan fingerprint density at radius 2 is 0.782 bits per heavy atom. The van der Waals surface area contributed by atoms with Crippen molar-refractivity contribution < 1.29 is 11.0 Å². The van der Waals surface area contributed by atoms with E-state index in [1.54, 1.807) is 0 Å². The molecule has 2 heterocycles. The van der Waals surface area contributed by atoms with Crippen molar-refractivity contribution in [2.75, 3.05) is 0 Å². The van der Waals surface area contributed by atoms with Crippen LogP contribution in [0.15, 0.2) is 194 Å². The predicted molar refractivity (Wildman–Crippen MR) is 228 cm³/mol. The summed E-state index contributed by atoms with van der Waals surface area (Å²) >= 11 is 0. The average Bonchev–Trinajstić information content (AvgIpc) is 3.70. The van der Waals surface area contributed by atoms with Gasteiger partial charge >= 0.3 is 0 Å². The van der Waals surface area contributed by atoms with Crippen molar-refractivity contribution in [2.24, 2.45) is 0 Å². The van der Waals surface area contributed by atoms with Crippen LogP contribution in [0, 0.1) is 0 Å². The number of fused-ring (bicyclic) bond motifs is 9. The first-order chi connectivity index (χ1) is 30.6. The van der Waals surface area contributed by atoms with Crippen LogP contribution in [0.25, 0.3) is 105 Å². The molecule has 256 valence electrons. The number of hydrogen-bond donors (Lipinski definition) is 0. The molecular formula is C51H32N4. The number of para-hydroxylation sites is 2. The maximum atomic E-state index is 9.35. The van der Waals surface area contributed by atoms with Crippen molar-refractivity contribution in [3.05, 3.63) is 194 Å². The molecule has 0 aliphatic heterocycles. The zero-order chi connectivity index (χ0) is 43.3. The van der Waals surface area contributed by atoms with Gasteiger partial charge in [-0.05, 0) is 73.7 Å². The first-order valence-corrected chi connectivity index (χ1v) is 18.0. The second-order valence-electron chi connectivity index (χ2n) is 13.4. The van der Waals surface area contributed by atoms with E-state index in [1.807, 2.05) is 103 Å². The smallest absolute Gasteiger partial charge is 0.166 e. The number of rotatable bonds is 5. The Hall–Kier alpha value is -7.43. The molecule has 0 fully saturated rings. The normalized spacial score (nSPS) is 13.7. The van der Waals surface area contributed by atoms with Crippen molar-refractivity contribution in [2.45, 2.75) is 0 Å². The van der Waals surface area contributed by atoms with Crippen LogP contribution in [0.4, 0.5) is 0 Å². The molecule has 0 unspecified atom stereocenters. The second-order valence-corrected chi connectivity index (χ2v) is 13.4. The first kappa shape index (κ1) is 24.0. The zero-order valence-corrected chi connectivity index (χ0v) is 29.1. The highest BCUT2D eigenvalue weighted by molar-refractivity contribution is 6.25. The second kappa shape index (κ2) is 12.6. The zero-order valence-electron chi connectivity index (χ0n) is 37.1. The van der Waals surface area contributed by atoms with Gasteiger partial charge in [-0.1, -0.05) is 164 Å². The molecule has 0 N–H and O–H groups in total. The highest BCUT2D eigenvalue weighted by atomic mass is 15.1. The van der Waals surface area contributed by atoms with Gasteiger partial charge < -0.3 is 4.57 Å². The molecule has 0 atom stereocenters. The van der Waals surface area contributed by atoms with Gasteiger partial charge in [0.05, 0.1) is 27.7 Å². The highest BCUT2D eigenvalue weighted by Crippen LogP contribution is 2.41. The SMILES string of the molecule is [2H]c1c([2H])c([2H])c2c(c1[2H])c1c([2H])c([2H])c([2H])c([2H])c1n2-c1cc(-c2ccc3c4ccccc4c4ccccc4c3c2)ccc1-c1nc(-c2ccccc2)nc(-c2ccccc2)n1. The van der Waals surface area contributed by atoms with Gasteiger partial charge in [-0.15, -0.1) is 0 Å². The molecule has 0 saturated carbocycles. The topological polar surface area (TPSA) is 43.6 Å². The van der Waals surface area contributed by atoms with Crippen LogP contribution in [0.5, 0.6) is 0 Å². The van der Waals surface area contributed by atoms with E-state index in [9.17, 15) is 2.74 Å². The minimum absolute atomic E-state index is 0.00185. The Balaban J connectivity index is 1.28. The van der Waals surface area contributed by atoms with Gasteiger partial charge in [-0.2, -0.15) is 0 Å². The summed E-state index contributed by atoms with van der Waals surface area (Å²) in [4.78, 5) is 15.0. The fourth-order valence-corrected chi connectivity index (χ4v) is 7.76. The summed E-state index contributed by atoms with van der Waals surface area (Å²) in [6, 6.07) is 44.1. The predicted octanol–water partition coefficient (Wildman–Crippen LogP) is 13.1. The van der Waals surface area contributed by atoms with Crippen LogP contribution in [0.2, 0.25) is 0 Å². The highest BCUT2D eigenvalue weighted by Gasteiger charge is 2.20. The van der Waals surface area contributed by atoms with Crippen molar-refractivity contribution in [3.8, 4) is 51.0 Å². The van der Waals surface area contributed by atoms with Gasteiger partial charge in [0.2, 0.25) is 0 Å². The third-order valence-corrected chi connectivity index (χ3v) is 10.3. The van der Waals surface area contributed by atoms with E-state index < -0.39 is 48.3 Å². The van der Waals surface area contributed by atoms with Gasteiger partial charge in [0.25, 0.3) is 0 Å². The van der Waals surface area contributed by atoms with Crippen LogP contribution in [-0.4, -0.2) is 19.5 Å². The molecule has 0 bridgehead atoms. The van der Waals surface area contributed by atoms with E-state index >= 15 is 0 Å². The fraction of sp³-hybridized carbons (Fsp3) is 0. The Kier molecular flexibility index (Phi) is 5.50. The van der Waals surface area contributed by atoms with Crippen molar-refractivity contribution in [1.29, 1.82) is 0 Å². The number of nitrogens with zero attached hydrogens (tertiary/aromatic N) is 4. The molecule has 0 aliphatic carbocycles. The molecule has 0 saturated heterocycles. The maximum Gasteiger partial charge on any atom is 0.166 e. The molecule has 0 radical (unpaired) electrons. The minimum Gasteiger partial charge on any atom is -0.308 e.